The lowest BCUT2D eigenvalue weighted by Crippen LogP contribution is -2.37. The molecule has 1 atom stereocenters. The number of aliphatic hydroxyl groups is 1. The molecule has 0 saturated heterocycles. The number of carboxylic acids is 1. The summed E-state index contributed by atoms with van der Waals surface area (Å²) < 4.78 is 0. The van der Waals surface area contributed by atoms with Crippen molar-refractivity contribution < 1.29 is 15.0 Å². The Labute approximate surface area is 85.2 Å². The zero-order chi connectivity index (χ0) is 10.6. The molecule has 2 N–H and O–H groups in total. The first-order valence-corrected chi connectivity index (χ1v) is 4.85. The van der Waals surface area contributed by atoms with Gasteiger partial charge in [-0.25, -0.2) is 9.78 Å². The van der Waals surface area contributed by atoms with Crippen LogP contribution in [0, 0.1) is 0 Å². The molecule has 1 rings (SSSR count). The number of aliphatic carboxylic acids is 1. The number of carbonyl (C=O) groups is 1. The van der Waals surface area contributed by atoms with Crippen LogP contribution in [-0.2, 0) is 4.79 Å². The van der Waals surface area contributed by atoms with Gasteiger partial charge in [-0.1, -0.05) is 0 Å². The summed E-state index contributed by atoms with van der Waals surface area (Å²) in [7, 11) is 0. The second kappa shape index (κ2) is 4.39. The highest BCUT2D eigenvalue weighted by Crippen LogP contribution is 2.19. The topological polar surface area (TPSA) is 83.3 Å². The first kappa shape index (κ1) is 10.9. The number of aromatic nitrogens is 2. The van der Waals surface area contributed by atoms with Crippen molar-refractivity contribution in [2.75, 3.05) is 5.75 Å². The molecule has 0 spiro atoms. The summed E-state index contributed by atoms with van der Waals surface area (Å²) in [4.78, 5) is 18.3. The molecule has 0 saturated carbocycles. The van der Waals surface area contributed by atoms with Crippen LogP contribution in [0.3, 0.4) is 0 Å². The molecule has 5 nitrogen and oxygen atoms in total. The molecule has 0 radical (unpaired) electrons. The number of thioether (sulfide) groups is 1. The molecular weight excluding hydrogens is 204 g/mol. The number of carboxylic acid groups (broad SMARTS) is 1. The Balaban J connectivity index is 2.53. The maximum atomic E-state index is 10.5. The third-order valence-corrected chi connectivity index (χ3v) is 2.71. The molecule has 1 unspecified atom stereocenters. The van der Waals surface area contributed by atoms with Crippen LogP contribution in [0.5, 0.6) is 0 Å². The van der Waals surface area contributed by atoms with E-state index in [4.69, 9.17) is 5.11 Å². The number of rotatable bonds is 4. The Morgan fingerprint density at radius 2 is 2.36 bits per heavy atom. The van der Waals surface area contributed by atoms with E-state index in [0.717, 1.165) is 11.8 Å². The van der Waals surface area contributed by atoms with Crippen molar-refractivity contribution in [3.63, 3.8) is 0 Å². The Hall–Kier alpha value is -1.14. The highest BCUT2D eigenvalue weighted by molar-refractivity contribution is 7.99. The summed E-state index contributed by atoms with van der Waals surface area (Å²) in [5.41, 5.74) is -1.73. The number of hydrogen-bond donors (Lipinski definition) is 2. The largest absolute Gasteiger partial charge is 0.479 e. The molecule has 0 aliphatic carbocycles. The average molecular weight is 214 g/mol. The van der Waals surface area contributed by atoms with Crippen molar-refractivity contribution in [3.8, 4) is 0 Å². The van der Waals surface area contributed by atoms with Crippen LogP contribution in [0.2, 0.25) is 0 Å². The second-order valence-electron chi connectivity index (χ2n) is 2.91. The molecule has 6 heteroatoms. The van der Waals surface area contributed by atoms with E-state index in [0.29, 0.717) is 5.03 Å². The van der Waals surface area contributed by atoms with Gasteiger partial charge in [0.1, 0.15) is 5.03 Å². The third-order valence-electron chi connectivity index (χ3n) is 1.50. The molecule has 1 aromatic heterocycles. The monoisotopic (exact) mass is 214 g/mol. The summed E-state index contributed by atoms with van der Waals surface area (Å²) in [6, 6.07) is 0. The molecule has 76 valence electrons. The van der Waals surface area contributed by atoms with E-state index in [-0.39, 0.29) is 5.75 Å². The first-order valence-electron chi connectivity index (χ1n) is 3.87. The van der Waals surface area contributed by atoms with Crippen LogP contribution < -0.4 is 0 Å². The van der Waals surface area contributed by atoms with Gasteiger partial charge in [0.2, 0.25) is 0 Å². The Kier molecular flexibility index (Phi) is 3.43. The first-order chi connectivity index (χ1) is 6.52. The normalized spacial score (nSPS) is 14.7. The number of nitrogens with zero attached hydrogens (tertiary/aromatic N) is 2. The molecule has 0 fully saturated rings. The molecule has 1 aromatic rings. The lowest BCUT2D eigenvalue weighted by molar-refractivity contribution is -0.154. The van der Waals surface area contributed by atoms with Crippen molar-refractivity contribution in [2.45, 2.75) is 17.6 Å². The van der Waals surface area contributed by atoms with Crippen molar-refractivity contribution in [3.05, 3.63) is 18.6 Å². The molecular formula is C8H10N2O3S. The highest BCUT2D eigenvalue weighted by atomic mass is 32.2. The van der Waals surface area contributed by atoms with Gasteiger partial charge in [-0.05, 0) is 6.92 Å². The van der Waals surface area contributed by atoms with Crippen molar-refractivity contribution in [2.24, 2.45) is 0 Å². The van der Waals surface area contributed by atoms with Gasteiger partial charge in [0.15, 0.2) is 5.60 Å². The van der Waals surface area contributed by atoms with Gasteiger partial charge < -0.3 is 10.2 Å². The zero-order valence-electron chi connectivity index (χ0n) is 7.54. The van der Waals surface area contributed by atoms with E-state index in [2.05, 4.69) is 9.97 Å². The molecule has 0 bridgehead atoms. The van der Waals surface area contributed by atoms with Gasteiger partial charge in [-0.15, -0.1) is 11.8 Å². The molecule has 0 aliphatic heterocycles. The minimum Gasteiger partial charge on any atom is -0.479 e. The minimum absolute atomic E-state index is 0.0427. The van der Waals surface area contributed by atoms with Gasteiger partial charge in [0, 0.05) is 18.1 Å². The second-order valence-corrected chi connectivity index (χ2v) is 3.91. The summed E-state index contributed by atoms with van der Waals surface area (Å²) in [6.45, 7) is 1.25. The maximum Gasteiger partial charge on any atom is 0.336 e. The van der Waals surface area contributed by atoms with E-state index in [1.807, 2.05) is 0 Å². The van der Waals surface area contributed by atoms with Gasteiger partial charge >= 0.3 is 5.97 Å². The van der Waals surface area contributed by atoms with Crippen LogP contribution in [0.15, 0.2) is 23.6 Å². The lowest BCUT2D eigenvalue weighted by Gasteiger charge is -2.16. The molecule has 0 aromatic carbocycles. The molecule has 14 heavy (non-hydrogen) atoms. The lowest BCUT2D eigenvalue weighted by atomic mass is 10.1. The van der Waals surface area contributed by atoms with Crippen molar-refractivity contribution in [1.82, 2.24) is 9.97 Å². The molecule has 1 heterocycles. The quantitative estimate of drug-likeness (QED) is 0.706. The zero-order valence-corrected chi connectivity index (χ0v) is 8.36. The highest BCUT2D eigenvalue weighted by Gasteiger charge is 2.29. The van der Waals surface area contributed by atoms with E-state index in [9.17, 15) is 9.90 Å². The Bertz CT molecular complexity index is 316. The van der Waals surface area contributed by atoms with Gasteiger partial charge in [0.25, 0.3) is 0 Å². The standard InChI is InChI=1S/C8H10N2O3S/c1-8(13,7(11)12)5-14-6-4-9-2-3-10-6/h2-4,13H,5H2,1H3,(H,11,12). The fraction of sp³-hybridized carbons (Fsp3) is 0.375. The summed E-state index contributed by atoms with van der Waals surface area (Å²) in [6.07, 6.45) is 4.56. The Morgan fingerprint density at radius 1 is 1.64 bits per heavy atom. The van der Waals surface area contributed by atoms with Crippen LogP contribution >= 0.6 is 11.8 Å². The van der Waals surface area contributed by atoms with E-state index < -0.39 is 11.6 Å². The third kappa shape index (κ3) is 2.97. The summed E-state index contributed by atoms with van der Waals surface area (Å²) in [5.74, 6) is -1.20. The van der Waals surface area contributed by atoms with E-state index in [1.165, 1.54) is 25.5 Å². The van der Waals surface area contributed by atoms with Crippen molar-refractivity contribution >= 4 is 17.7 Å². The average Bonchev–Trinajstić information content (AvgIpc) is 2.16. The fourth-order valence-corrected chi connectivity index (χ4v) is 1.46. The van der Waals surface area contributed by atoms with Crippen LogP contribution in [0.25, 0.3) is 0 Å². The van der Waals surface area contributed by atoms with E-state index in [1.54, 1.807) is 0 Å². The van der Waals surface area contributed by atoms with Crippen LogP contribution in [0.1, 0.15) is 6.92 Å². The van der Waals surface area contributed by atoms with Gasteiger partial charge in [-0.2, -0.15) is 0 Å². The smallest absolute Gasteiger partial charge is 0.336 e. The predicted octanol–water partition coefficient (Wildman–Crippen LogP) is 0.404. The predicted molar refractivity (Wildman–Crippen MR) is 51.0 cm³/mol. The van der Waals surface area contributed by atoms with Crippen LogP contribution in [0.4, 0.5) is 0 Å². The van der Waals surface area contributed by atoms with Crippen LogP contribution in [-0.4, -0.2) is 37.5 Å². The van der Waals surface area contributed by atoms with Crippen molar-refractivity contribution in [1.29, 1.82) is 0 Å². The fourth-order valence-electron chi connectivity index (χ4n) is 0.636. The van der Waals surface area contributed by atoms with Gasteiger partial charge in [0.05, 0.1) is 6.20 Å². The molecule has 0 aliphatic rings. The maximum absolute atomic E-state index is 10.5. The van der Waals surface area contributed by atoms with E-state index >= 15 is 0 Å². The molecule has 0 amide bonds. The minimum atomic E-state index is -1.73. The number of hydrogen-bond acceptors (Lipinski definition) is 5. The SMILES string of the molecule is CC(O)(CSc1cnccn1)C(=O)O. The Morgan fingerprint density at radius 3 is 2.86 bits per heavy atom. The summed E-state index contributed by atoms with van der Waals surface area (Å²) in [5, 5.41) is 18.6. The summed E-state index contributed by atoms with van der Waals surface area (Å²) >= 11 is 1.15. The van der Waals surface area contributed by atoms with Gasteiger partial charge in [-0.3, -0.25) is 4.98 Å².